The fourth-order valence-corrected chi connectivity index (χ4v) is 5.28. The summed E-state index contributed by atoms with van der Waals surface area (Å²) in [6, 6.07) is 0. The molecule has 4 rings (SSSR count). The lowest BCUT2D eigenvalue weighted by Gasteiger charge is -2.57. The number of amides is 1. The van der Waals surface area contributed by atoms with E-state index in [2.05, 4.69) is 5.32 Å². The Labute approximate surface area is 135 Å². The fourth-order valence-electron chi connectivity index (χ4n) is 5.28. The zero-order valence-electron chi connectivity index (χ0n) is 13.1. The Morgan fingerprint density at radius 1 is 0.957 bits per heavy atom. The van der Waals surface area contributed by atoms with Crippen molar-refractivity contribution in [3.63, 3.8) is 0 Å². The van der Waals surface area contributed by atoms with Crippen LogP contribution in [0, 0.1) is 17.8 Å². The summed E-state index contributed by atoms with van der Waals surface area (Å²) in [7, 11) is 0. The molecule has 0 aromatic heterocycles. The first-order valence-electron chi connectivity index (χ1n) is 8.48. The summed E-state index contributed by atoms with van der Waals surface area (Å²) < 4.78 is 0. The molecule has 0 saturated heterocycles. The van der Waals surface area contributed by atoms with E-state index >= 15 is 0 Å². The van der Waals surface area contributed by atoms with Crippen LogP contribution in [-0.4, -0.2) is 68.0 Å². The van der Waals surface area contributed by atoms with Gasteiger partial charge in [0.05, 0.1) is 6.61 Å². The molecule has 0 aromatic rings. The maximum atomic E-state index is 12.3. The van der Waals surface area contributed by atoms with E-state index in [0.717, 1.165) is 19.3 Å². The third-order valence-corrected chi connectivity index (χ3v) is 5.95. The van der Waals surface area contributed by atoms with Gasteiger partial charge in [0, 0.05) is 5.54 Å². The van der Waals surface area contributed by atoms with E-state index in [1.165, 1.54) is 19.3 Å². The molecule has 4 fully saturated rings. The van der Waals surface area contributed by atoms with Crippen LogP contribution in [0.15, 0.2) is 0 Å². The molecular weight excluding hydrogens is 302 g/mol. The smallest absolute Gasteiger partial charge is 0.252 e. The molecule has 7 heteroatoms. The van der Waals surface area contributed by atoms with Crippen LogP contribution in [0.1, 0.15) is 38.5 Å². The van der Waals surface area contributed by atoms with Gasteiger partial charge in [-0.25, -0.2) is 0 Å². The molecule has 0 aliphatic heterocycles. The molecule has 4 aliphatic carbocycles. The highest BCUT2D eigenvalue weighted by atomic mass is 16.4. The van der Waals surface area contributed by atoms with Gasteiger partial charge >= 0.3 is 0 Å². The van der Waals surface area contributed by atoms with Gasteiger partial charge in [-0.2, -0.15) is 0 Å². The quantitative estimate of drug-likeness (QED) is 0.352. The van der Waals surface area contributed by atoms with Crippen LogP contribution in [0.3, 0.4) is 0 Å². The van der Waals surface area contributed by atoms with Gasteiger partial charge < -0.3 is 30.8 Å². The van der Waals surface area contributed by atoms with Crippen LogP contribution in [0.5, 0.6) is 0 Å². The lowest BCUT2D eigenvalue weighted by Crippen LogP contribution is -2.63. The van der Waals surface area contributed by atoms with Crippen LogP contribution >= 0.6 is 0 Å². The number of hydrogen-bond donors (Lipinski definition) is 6. The minimum Gasteiger partial charge on any atom is -0.394 e. The summed E-state index contributed by atoms with van der Waals surface area (Å²) in [5.41, 5.74) is -0.299. The van der Waals surface area contributed by atoms with Crippen molar-refractivity contribution in [3.05, 3.63) is 0 Å². The van der Waals surface area contributed by atoms with Crippen LogP contribution in [0.2, 0.25) is 0 Å². The molecule has 4 saturated carbocycles. The van der Waals surface area contributed by atoms with Gasteiger partial charge in [0.1, 0.15) is 18.3 Å². The predicted octanol–water partition coefficient (Wildman–Crippen LogP) is -1.49. The Morgan fingerprint density at radius 2 is 1.43 bits per heavy atom. The highest BCUT2D eigenvalue weighted by Gasteiger charge is 2.52. The third kappa shape index (κ3) is 3.25. The van der Waals surface area contributed by atoms with Crippen LogP contribution < -0.4 is 5.32 Å². The van der Waals surface area contributed by atoms with Gasteiger partial charge in [0.25, 0.3) is 5.91 Å². The number of hydrogen-bond acceptors (Lipinski definition) is 6. The molecule has 4 bridgehead atoms. The summed E-state index contributed by atoms with van der Waals surface area (Å²) in [6.07, 6.45) is -0.653. The number of aliphatic hydroxyl groups is 5. The van der Waals surface area contributed by atoms with Gasteiger partial charge in [-0.1, -0.05) is 0 Å². The molecule has 7 nitrogen and oxygen atoms in total. The Balaban J connectivity index is 1.62. The molecule has 23 heavy (non-hydrogen) atoms. The van der Waals surface area contributed by atoms with Crippen molar-refractivity contribution < 1.29 is 30.3 Å². The lowest BCUT2D eigenvalue weighted by molar-refractivity contribution is -0.153. The van der Waals surface area contributed by atoms with E-state index in [0.29, 0.717) is 17.8 Å². The maximum Gasteiger partial charge on any atom is 0.252 e. The van der Waals surface area contributed by atoms with Crippen LogP contribution in [-0.2, 0) is 4.79 Å². The molecular formula is C16H27NO6. The number of carbonyl (C=O) groups excluding carboxylic acids is 1. The fraction of sp³-hybridized carbons (Fsp3) is 0.938. The molecule has 0 spiro atoms. The monoisotopic (exact) mass is 329 g/mol. The SMILES string of the molecule is O=C(NC12CC3CC(CC(C3)C1)C2)[C@@H](O)[C@H](O)[C@H](O)[C@H](O)CO. The van der Waals surface area contributed by atoms with Crippen LogP contribution in [0.25, 0.3) is 0 Å². The standard InChI is InChI=1S/C16H27NO6/c18-7-11(19)12(20)13(21)14(22)15(23)17-16-4-8-1-9(5-16)3-10(2-8)6-16/h8-14,18-22H,1-7H2,(H,17,23)/t8?,9?,10?,11-,12-,13-,14+,16?/m1/s1. The summed E-state index contributed by atoms with van der Waals surface area (Å²) >= 11 is 0. The molecule has 4 atom stereocenters. The highest BCUT2D eigenvalue weighted by Crippen LogP contribution is 2.55. The first kappa shape index (κ1) is 17.1. The molecule has 0 aromatic carbocycles. The molecule has 0 unspecified atom stereocenters. The number of aliphatic hydroxyl groups excluding tert-OH is 5. The van der Waals surface area contributed by atoms with Gasteiger partial charge in [-0.15, -0.1) is 0 Å². The van der Waals surface area contributed by atoms with Crippen molar-refractivity contribution >= 4 is 5.91 Å². The second-order valence-corrected chi connectivity index (χ2v) is 7.86. The van der Waals surface area contributed by atoms with E-state index < -0.39 is 36.9 Å². The topological polar surface area (TPSA) is 130 Å². The van der Waals surface area contributed by atoms with E-state index in [1.54, 1.807) is 0 Å². The largest absolute Gasteiger partial charge is 0.394 e. The number of rotatable bonds is 6. The number of carbonyl (C=O) groups is 1. The number of nitrogens with one attached hydrogen (secondary N) is 1. The van der Waals surface area contributed by atoms with Crippen molar-refractivity contribution in [2.75, 3.05) is 6.61 Å². The third-order valence-electron chi connectivity index (χ3n) is 5.95. The molecule has 1 amide bonds. The zero-order chi connectivity index (χ0) is 16.8. The Bertz CT molecular complexity index is 421. The van der Waals surface area contributed by atoms with Gasteiger partial charge in [0.15, 0.2) is 6.10 Å². The maximum absolute atomic E-state index is 12.3. The summed E-state index contributed by atoms with van der Waals surface area (Å²) in [5.74, 6) is 1.17. The van der Waals surface area contributed by atoms with Crippen molar-refractivity contribution in [2.24, 2.45) is 17.8 Å². The van der Waals surface area contributed by atoms with Crippen molar-refractivity contribution in [1.82, 2.24) is 5.32 Å². The first-order chi connectivity index (χ1) is 10.8. The van der Waals surface area contributed by atoms with Gasteiger partial charge in [-0.3, -0.25) is 4.79 Å². The Hall–Kier alpha value is -0.730. The van der Waals surface area contributed by atoms with E-state index in [9.17, 15) is 25.2 Å². The normalized spacial score (nSPS) is 40.5. The molecule has 6 N–H and O–H groups in total. The summed E-state index contributed by atoms with van der Waals surface area (Å²) in [6.45, 7) is -0.762. The molecule has 132 valence electrons. The lowest BCUT2D eigenvalue weighted by atomic mass is 9.53. The second-order valence-electron chi connectivity index (χ2n) is 7.86. The first-order valence-corrected chi connectivity index (χ1v) is 8.48. The summed E-state index contributed by atoms with van der Waals surface area (Å²) in [4.78, 5) is 12.3. The van der Waals surface area contributed by atoms with Crippen molar-refractivity contribution in [3.8, 4) is 0 Å². The predicted molar refractivity (Wildman–Crippen MR) is 80.2 cm³/mol. The Morgan fingerprint density at radius 3 is 1.87 bits per heavy atom. The highest BCUT2D eigenvalue weighted by molar-refractivity contribution is 5.82. The van der Waals surface area contributed by atoms with Crippen molar-refractivity contribution in [2.45, 2.75) is 68.5 Å². The zero-order valence-corrected chi connectivity index (χ0v) is 13.1. The Kier molecular flexibility index (Phi) is 4.68. The van der Waals surface area contributed by atoms with E-state index in [-0.39, 0.29) is 5.54 Å². The van der Waals surface area contributed by atoms with Gasteiger partial charge in [0.2, 0.25) is 0 Å². The van der Waals surface area contributed by atoms with E-state index in [4.69, 9.17) is 5.11 Å². The minimum absolute atomic E-state index is 0.299. The minimum atomic E-state index is -1.84. The second kappa shape index (κ2) is 6.29. The van der Waals surface area contributed by atoms with Crippen LogP contribution in [0.4, 0.5) is 0 Å². The molecule has 4 aliphatic rings. The summed E-state index contributed by atoms with van der Waals surface area (Å²) in [5, 5.41) is 50.5. The average Bonchev–Trinajstić information content (AvgIpc) is 2.50. The molecule has 0 radical (unpaired) electrons. The average molecular weight is 329 g/mol. The van der Waals surface area contributed by atoms with E-state index in [1.807, 2.05) is 0 Å². The van der Waals surface area contributed by atoms with Gasteiger partial charge in [-0.05, 0) is 56.3 Å². The molecule has 0 heterocycles. The van der Waals surface area contributed by atoms with Crippen molar-refractivity contribution in [1.29, 1.82) is 0 Å².